The number of amides is 1. The fourth-order valence-electron chi connectivity index (χ4n) is 2.47. The van der Waals surface area contributed by atoms with Gasteiger partial charge in [0, 0.05) is 12.0 Å². The van der Waals surface area contributed by atoms with E-state index in [2.05, 4.69) is 17.6 Å². The van der Waals surface area contributed by atoms with Crippen LogP contribution in [0.1, 0.15) is 39.0 Å². The molecule has 1 aliphatic heterocycles. The van der Waals surface area contributed by atoms with Gasteiger partial charge in [-0.3, -0.25) is 4.79 Å². The first-order chi connectivity index (χ1) is 7.21. The standard InChI is InChI=1S/C12H22N2O.ClH/c1-12(5-2-6-12)11(15)14-9-10-3-7-13-8-4-10;/h10,13H,2-9H2,1H3,(H,14,15);1H. The molecule has 2 fully saturated rings. The minimum absolute atomic E-state index is 0. The molecule has 1 saturated carbocycles. The third kappa shape index (κ3) is 3.11. The molecule has 0 atom stereocenters. The number of rotatable bonds is 3. The third-order valence-corrected chi connectivity index (χ3v) is 4.02. The second-order valence-electron chi connectivity index (χ2n) is 5.32. The van der Waals surface area contributed by atoms with Gasteiger partial charge in [0.25, 0.3) is 0 Å². The predicted octanol–water partition coefficient (Wildman–Crippen LogP) is 1.71. The van der Waals surface area contributed by atoms with Gasteiger partial charge in [0.15, 0.2) is 0 Å². The molecule has 2 N–H and O–H groups in total. The molecule has 0 aromatic rings. The highest BCUT2D eigenvalue weighted by Crippen LogP contribution is 2.40. The highest BCUT2D eigenvalue weighted by molar-refractivity contribution is 5.85. The van der Waals surface area contributed by atoms with E-state index < -0.39 is 0 Å². The van der Waals surface area contributed by atoms with E-state index in [1.807, 2.05) is 0 Å². The van der Waals surface area contributed by atoms with Crippen molar-refractivity contribution in [3.05, 3.63) is 0 Å². The molecule has 0 spiro atoms. The van der Waals surface area contributed by atoms with Crippen LogP contribution in [0.25, 0.3) is 0 Å². The van der Waals surface area contributed by atoms with E-state index >= 15 is 0 Å². The Morgan fingerprint density at radius 2 is 2.00 bits per heavy atom. The van der Waals surface area contributed by atoms with Crippen molar-refractivity contribution in [2.24, 2.45) is 11.3 Å². The van der Waals surface area contributed by atoms with Gasteiger partial charge in [-0.15, -0.1) is 12.4 Å². The molecule has 1 saturated heterocycles. The molecule has 0 aromatic heterocycles. The average Bonchev–Trinajstić information content (AvgIpc) is 2.24. The highest BCUT2D eigenvalue weighted by atomic mass is 35.5. The Kier molecular flexibility index (Phi) is 5.06. The number of hydrogen-bond donors (Lipinski definition) is 2. The Hall–Kier alpha value is -0.280. The van der Waals surface area contributed by atoms with E-state index in [9.17, 15) is 4.79 Å². The second-order valence-corrected chi connectivity index (χ2v) is 5.32. The van der Waals surface area contributed by atoms with Crippen LogP contribution in [0.4, 0.5) is 0 Å². The van der Waals surface area contributed by atoms with Crippen molar-refractivity contribution in [1.82, 2.24) is 10.6 Å². The van der Waals surface area contributed by atoms with Crippen LogP contribution in [-0.4, -0.2) is 25.5 Å². The van der Waals surface area contributed by atoms with E-state index in [4.69, 9.17) is 0 Å². The minimum Gasteiger partial charge on any atom is -0.355 e. The zero-order valence-electron chi connectivity index (χ0n) is 10.1. The Morgan fingerprint density at radius 1 is 1.38 bits per heavy atom. The molecule has 1 heterocycles. The number of nitrogens with one attached hydrogen (secondary N) is 2. The fraction of sp³-hybridized carbons (Fsp3) is 0.917. The van der Waals surface area contributed by atoms with Crippen molar-refractivity contribution in [1.29, 1.82) is 0 Å². The van der Waals surface area contributed by atoms with E-state index in [0.717, 1.165) is 32.5 Å². The molecule has 0 unspecified atom stereocenters. The van der Waals surface area contributed by atoms with Crippen molar-refractivity contribution < 1.29 is 4.79 Å². The van der Waals surface area contributed by atoms with E-state index in [1.54, 1.807) is 0 Å². The summed E-state index contributed by atoms with van der Waals surface area (Å²) in [5.74, 6) is 0.978. The summed E-state index contributed by atoms with van der Waals surface area (Å²) in [7, 11) is 0. The maximum Gasteiger partial charge on any atom is 0.225 e. The Morgan fingerprint density at radius 3 is 2.50 bits per heavy atom. The summed E-state index contributed by atoms with van der Waals surface area (Å²) in [4.78, 5) is 11.9. The largest absolute Gasteiger partial charge is 0.355 e. The van der Waals surface area contributed by atoms with Crippen molar-refractivity contribution >= 4 is 18.3 Å². The molecule has 4 heteroatoms. The molecule has 16 heavy (non-hydrogen) atoms. The molecular formula is C12H23ClN2O. The predicted molar refractivity (Wildman–Crippen MR) is 67.8 cm³/mol. The van der Waals surface area contributed by atoms with Crippen LogP contribution >= 0.6 is 12.4 Å². The monoisotopic (exact) mass is 246 g/mol. The zero-order valence-corrected chi connectivity index (χ0v) is 10.9. The lowest BCUT2D eigenvalue weighted by Gasteiger charge is -2.37. The number of carbonyl (C=O) groups is 1. The van der Waals surface area contributed by atoms with Crippen molar-refractivity contribution in [3.8, 4) is 0 Å². The van der Waals surface area contributed by atoms with Gasteiger partial charge in [0.05, 0.1) is 0 Å². The van der Waals surface area contributed by atoms with Crippen molar-refractivity contribution in [3.63, 3.8) is 0 Å². The van der Waals surface area contributed by atoms with Crippen LogP contribution in [0, 0.1) is 11.3 Å². The lowest BCUT2D eigenvalue weighted by molar-refractivity contribution is -0.134. The SMILES string of the molecule is CC1(C(=O)NCC2CCNCC2)CCC1.Cl. The fourth-order valence-corrected chi connectivity index (χ4v) is 2.47. The average molecular weight is 247 g/mol. The van der Waals surface area contributed by atoms with Gasteiger partial charge >= 0.3 is 0 Å². The molecule has 3 nitrogen and oxygen atoms in total. The maximum atomic E-state index is 11.9. The Balaban J connectivity index is 0.00000128. The van der Waals surface area contributed by atoms with Gasteiger partial charge < -0.3 is 10.6 Å². The third-order valence-electron chi connectivity index (χ3n) is 4.02. The first-order valence-corrected chi connectivity index (χ1v) is 6.20. The minimum atomic E-state index is -0.0348. The van der Waals surface area contributed by atoms with Crippen LogP contribution < -0.4 is 10.6 Å². The van der Waals surface area contributed by atoms with Crippen LogP contribution in [0.2, 0.25) is 0 Å². The smallest absolute Gasteiger partial charge is 0.225 e. The van der Waals surface area contributed by atoms with Gasteiger partial charge in [0.2, 0.25) is 5.91 Å². The van der Waals surface area contributed by atoms with Gasteiger partial charge in [0.1, 0.15) is 0 Å². The van der Waals surface area contributed by atoms with Crippen molar-refractivity contribution in [2.45, 2.75) is 39.0 Å². The molecule has 0 radical (unpaired) electrons. The summed E-state index contributed by atoms with van der Waals surface area (Å²) in [6.45, 7) is 5.19. The lowest BCUT2D eigenvalue weighted by atomic mass is 9.70. The number of carbonyl (C=O) groups excluding carboxylic acids is 1. The summed E-state index contributed by atoms with van der Waals surface area (Å²) < 4.78 is 0. The van der Waals surface area contributed by atoms with E-state index in [0.29, 0.717) is 5.92 Å². The molecule has 2 rings (SSSR count). The van der Waals surface area contributed by atoms with Crippen LogP contribution in [0.5, 0.6) is 0 Å². The molecule has 1 amide bonds. The zero-order chi connectivity index (χ0) is 10.7. The molecule has 94 valence electrons. The Labute approximate surface area is 104 Å². The Bertz CT molecular complexity index is 235. The topological polar surface area (TPSA) is 41.1 Å². The number of piperidine rings is 1. The number of halogens is 1. The quantitative estimate of drug-likeness (QED) is 0.796. The summed E-state index contributed by atoms with van der Waals surface area (Å²) in [6.07, 6.45) is 5.78. The lowest BCUT2D eigenvalue weighted by Crippen LogP contribution is -2.45. The van der Waals surface area contributed by atoms with Crippen molar-refractivity contribution in [2.75, 3.05) is 19.6 Å². The van der Waals surface area contributed by atoms with Gasteiger partial charge in [-0.2, -0.15) is 0 Å². The second kappa shape index (κ2) is 5.87. The summed E-state index contributed by atoms with van der Waals surface area (Å²) >= 11 is 0. The van der Waals surface area contributed by atoms with Crippen LogP contribution in [0.15, 0.2) is 0 Å². The maximum absolute atomic E-state index is 11.9. The molecule has 1 aliphatic carbocycles. The molecular weight excluding hydrogens is 224 g/mol. The first kappa shape index (κ1) is 13.8. The van der Waals surface area contributed by atoms with E-state index in [1.165, 1.54) is 19.3 Å². The molecule has 0 aromatic carbocycles. The highest BCUT2D eigenvalue weighted by Gasteiger charge is 2.39. The number of hydrogen-bond acceptors (Lipinski definition) is 2. The van der Waals surface area contributed by atoms with Crippen LogP contribution in [-0.2, 0) is 4.79 Å². The first-order valence-electron chi connectivity index (χ1n) is 6.20. The summed E-state index contributed by atoms with van der Waals surface area (Å²) in [5, 5.41) is 6.47. The van der Waals surface area contributed by atoms with Crippen LogP contribution in [0.3, 0.4) is 0 Å². The van der Waals surface area contributed by atoms with Gasteiger partial charge in [-0.05, 0) is 44.7 Å². The summed E-state index contributed by atoms with van der Waals surface area (Å²) in [6, 6.07) is 0. The molecule has 2 aliphatic rings. The molecule has 0 bridgehead atoms. The van der Waals surface area contributed by atoms with Gasteiger partial charge in [-0.25, -0.2) is 0 Å². The van der Waals surface area contributed by atoms with Gasteiger partial charge in [-0.1, -0.05) is 13.3 Å². The summed E-state index contributed by atoms with van der Waals surface area (Å²) in [5.41, 5.74) is -0.0348. The van der Waals surface area contributed by atoms with E-state index in [-0.39, 0.29) is 23.7 Å². The normalized spacial score (nSPS) is 24.1.